The second kappa shape index (κ2) is 7.12. The topological polar surface area (TPSA) is 38.0 Å². The Bertz CT molecular complexity index is 619. The molecule has 0 saturated heterocycles. The van der Waals surface area contributed by atoms with Crippen molar-refractivity contribution in [2.75, 3.05) is 0 Å². The van der Waals surface area contributed by atoms with Gasteiger partial charge in [0.2, 0.25) is 0 Å². The molecule has 2 aromatic carbocycles. The van der Waals surface area contributed by atoms with Gasteiger partial charge >= 0.3 is 0 Å². The van der Waals surface area contributed by atoms with Gasteiger partial charge in [-0.05, 0) is 63.8 Å². The second-order valence-corrected chi connectivity index (χ2v) is 6.44. The highest BCUT2D eigenvalue weighted by Gasteiger charge is 2.14. The second-order valence-electron chi connectivity index (χ2n) is 4.33. The Hall–Kier alpha value is -0.290. The molecule has 1 unspecified atom stereocenters. The number of nitrogens with two attached hydrogens (primary N) is 1. The molecule has 106 valence electrons. The lowest BCUT2D eigenvalue weighted by Gasteiger charge is -2.18. The number of benzene rings is 2. The summed E-state index contributed by atoms with van der Waals surface area (Å²) in [6.45, 7) is 0. The monoisotopic (exact) mass is 392 g/mol. The lowest BCUT2D eigenvalue weighted by molar-refractivity contribution is 0.552. The molecule has 0 saturated carbocycles. The van der Waals surface area contributed by atoms with Gasteiger partial charge in [0.05, 0.1) is 11.1 Å². The first-order valence-corrected chi connectivity index (χ1v) is 7.79. The maximum absolute atomic E-state index is 6.18. The molecule has 6 heteroatoms. The van der Waals surface area contributed by atoms with Gasteiger partial charge in [0, 0.05) is 14.5 Å². The van der Waals surface area contributed by atoms with Crippen LogP contribution in [0, 0.1) is 0 Å². The van der Waals surface area contributed by atoms with Crippen molar-refractivity contribution in [3.8, 4) is 0 Å². The van der Waals surface area contributed by atoms with Crippen LogP contribution < -0.4 is 11.3 Å². The Morgan fingerprint density at radius 2 is 1.80 bits per heavy atom. The van der Waals surface area contributed by atoms with Gasteiger partial charge in [0.25, 0.3) is 0 Å². The van der Waals surface area contributed by atoms with E-state index in [2.05, 4.69) is 21.4 Å². The summed E-state index contributed by atoms with van der Waals surface area (Å²) in [4.78, 5) is 0. The summed E-state index contributed by atoms with van der Waals surface area (Å²) in [5, 5.41) is 1.95. The fourth-order valence-corrected chi connectivity index (χ4v) is 2.75. The minimum absolute atomic E-state index is 0.100. The first-order chi connectivity index (χ1) is 9.51. The van der Waals surface area contributed by atoms with E-state index < -0.39 is 0 Å². The Labute approximate surface area is 141 Å². The Kier molecular flexibility index (Phi) is 5.73. The quantitative estimate of drug-likeness (QED) is 0.555. The minimum atomic E-state index is -0.100. The predicted molar refractivity (Wildman–Crippen MR) is 89.4 cm³/mol. The van der Waals surface area contributed by atoms with E-state index in [9.17, 15) is 0 Å². The van der Waals surface area contributed by atoms with Crippen LogP contribution in [0.5, 0.6) is 0 Å². The van der Waals surface area contributed by atoms with Gasteiger partial charge in [-0.2, -0.15) is 0 Å². The molecule has 20 heavy (non-hydrogen) atoms. The van der Waals surface area contributed by atoms with E-state index in [0.717, 1.165) is 15.6 Å². The van der Waals surface area contributed by atoms with Gasteiger partial charge in [-0.15, -0.1) is 0 Å². The largest absolute Gasteiger partial charge is 0.271 e. The number of halogens is 4. The van der Waals surface area contributed by atoms with Gasteiger partial charge in [-0.3, -0.25) is 11.3 Å². The lowest BCUT2D eigenvalue weighted by Crippen LogP contribution is -2.29. The van der Waals surface area contributed by atoms with Crippen molar-refractivity contribution >= 4 is 50.7 Å². The zero-order chi connectivity index (χ0) is 14.7. The Morgan fingerprint density at radius 1 is 1.05 bits per heavy atom. The van der Waals surface area contributed by atoms with E-state index in [-0.39, 0.29) is 6.04 Å². The molecule has 2 nitrogen and oxygen atoms in total. The summed E-state index contributed by atoms with van der Waals surface area (Å²) in [5.41, 5.74) is 4.70. The zero-order valence-corrected chi connectivity index (χ0v) is 14.2. The minimum Gasteiger partial charge on any atom is -0.271 e. The van der Waals surface area contributed by atoms with E-state index in [1.54, 1.807) is 12.1 Å². The maximum Gasteiger partial charge on any atom is 0.0551 e. The molecule has 0 spiro atoms. The zero-order valence-electron chi connectivity index (χ0n) is 10.3. The highest BCUT2D eigenvalue weighted by molar-refractivity contribution is 9.10. The summed E-state index contributed by atoms with van der Waals surface area (Å²) in [5.74, 6) is 5.65. The average molecular weight is 395 g/mol. The summed E-state index contributed by atoms with van der Waals surface area (Å²) in [6.07, 6.45) is 0.619. The van der Waals surface area contributed by atoms with Crippen molar-refractivity contribution in [1.82, 2.24) is 5.43 Å². The van der Waals surface area contributed by atoms with Gasteiger partial charge < -0.3 is 0 Å². The van der Waals surface area contributed by atoms with Gasteiger partial charge in [-0.1, -0.05) is 40.9 Å². The molecule has 0 radical (unpaired) electrons. The normalized spacial score (nSPS) is 12.4. The number of rotatable bonds is 4. The molecule has 0 amide bonds. The molecule has 1 atom stereocenters. The third-order valence-corrected chi connectivity index (χ3v) is 4.82. The van der Waals surface area contributed by atoms with Crippen LogP contribution >= 0.6 is 50.7 Å². The lowest BCUT2D eigenvalue weighted by atomic mass is 9.99. The van der Waals surface area contributed by atoms with Crippen LogP contribution in [0.4, 0.5) is 0 Å². The van der Waals surface area contributed by atoms with Crippen LogP contribution in [0.3, 0.4) is 0 Å². The fraction of sp³-hybridized carbons (Fsp3) is 0.143. The molecule has 0 aliphatic heterocycles. The molecule has 0 aromatic heterocycles. The highest BCUT2D eigenvalue weighted by Crippen LogP contribution is 2.29. The summed E-state index contributed by atoms with van der Waals surface area (Å²) in [7, 11) is 0. The van der Waals surface area contributed by atoms with E-state index in [1.165, 1.54) is 0 Å². The average Bonchev–Trinajstić information content (AvgIpc) is 2.43. The molecule has 0 bridgehead atoms. The highest BCUT2D eigenvalue weighted by atomic mass is 79.9. The van der Waals surface area contributed by atoms with Crippen molar-refractivity contribution in [3.05, 3.63) is 67.1 Å². The third kappa shape index (κ3) is 3.88. The Morgan fingerprint density at radius 3 is 2.45 bits per heavy atom. The smallest absolute Gasteiger partial charge is 0.0551 e. The van der Waals surface area contributed by atoms with Gasteiger partial charge in [0.1, 0.15) is 0 Å². The van der Waals surface area contributed by atoms with Gasteiger partial charge in [-0.25, -0.2) is 0 Å². The molecule has 0 aliphatic rings. The van der Waals surface area contributed by atoms with Gasteiger partial charge in [0.15, 0.2) is 0 Å². The predicted octanol–water partition coefficient (Wildman–Crippen LogP) is 5.16. The molecule has 3 N–H and O–H groups in total. The number of hydrogen-bond acceptors (Lipinski definition) is 2. The van der Waals surface area contributed by atoms with E-state index >= 15 is 0 Å². The molecular formula is C14H12BrCl3N2. The van der Waals surface area contributed by atoms with Crippen LogP contribution in [-0.2, 0) is 6.42 Å². The van der Waals surface area contributed by atoms with E-state index in [0.29, 0.717) is 21.5 Å². The van der Waals surface area contributed by atoms with Crippen LogP contribution in [0.25, 0.3) is 0 Å². The van der Waals surface area contributed by atoms with Crippen LogP contribution in [0.15, 0.2) is 40.9 Å². The molecule has 0 fully saturated rings. The van der Waals surface area contributed by atoms with Crippen LogP contribution in [-0.4, -0.2) is 0 Å². The first kappa shape index (κ1) is 16.1. The summed E-state index contributed by atoms with van der Waals surface area (Å²) < 4.78 is 0.847. The van der Waals surface area contributed by atoms with Crippen molar-refractivity contribution in [2.24, 2.45) is 5.84 Å². The molecule has 2 aromatic rings. The van der Waals surface area contributed by atoms with Crippen molar-refractivity contribution in [1.29, 1.82) is 0 Å². The van der Waals surface area contributed by atoms with E-state index in [1.807, 2.05) is 24.3 Å². The summed E-state index contributed by atoms with van der Waals surface area (Å²) >= 11 is 21.7. The first-order valence-electron chi connectivity index (χ1n) is 5.86. The number of hydrogen-bond donors (Lipinski definition) is 2. The Balaban J connectivity index is 2.28. The van der Waals surface area contributed by atoms with Crippen LogP contribution in [0.1, 0.15) is 17.2 Å². The number of hydrazine groups is 1. The summed E-state index contributed by atoms with van der Waals surface area (Å²) in [6, 6.07) is 11.0. The molecule has 2 rings (SSSR count). The maximum atomic E-state index is 6.18. The third-order valence-electron chi connectivity index (χ3n) is 2.98. The van der Waals surface area contributed by atoms with Crippen molar-refractivity contribution < 1.29 is 0 Å². The molecule has 0 heterocycles. The molecule has 0 aliphatic carbocycles. The van der Waals surface area contributed by atoms with E-state index in [4.69, 9.17) is 40.6 Å². The standard InChI is InChI=1S/C14H12BrCl3N2/c15-11-3-1-8(6-13(11)18)14(20-19)7-9-5-10(16)2-4-12(9)17/h1-6,14,20H,7,19H2. The fourth-order valence-electron chi connectivity index (χ4n) is 1.92. The molecular weight excluding hydrogens is 382 g/mol. The van der Waals surface area contributed by atoms with Crippen LogP contribution in [0.2, 0.25) is 15.1 Å². The van der Waals surface area contributed by atoms with Crippen molar-refractivity contribution in [2.45, 2.75) is 12.5 Å². The van der Waals surface area contributed by atoms with Crippen molar-refractivity contribution in [3.63, 3.8) is 0 Å². The number of nitrogens with one attached hydrogen (secondary N) is 1. The SMILES string of the molecule is NNC(Cc1cc(Cl)ccc1Cl)c1ccc(Br)c(Cl)c1.